The van der Waals surface area contributed by atoms with Crippen molar-refractivity contribution in [1.29, 1.82) is 0 Å². The lowest BCUT2D eigenvalue weighted by Crippen LogP contribution is -2.26. The second kappa shape index (κ2) is 11.8. The van der Waals surface area contributed by atoms with E-state index >= 15 is 0 Å². The van der Waals surface area contributed by atoms with Gasteiger partial charge in [0.05, 0.1) is 0 Å². The summed E-state index contributed by atoms with van der Waals surface area (Å²) in [5.74, 6) is 1.02. The van der Waals surface area contributed by atoms with Crippen LogP contribution < -0.4 is 4.74 Å². The van der Waals surface area contributed by atoms with Gasteiger partial charge in [0.25, 0.3) is 0 Å². The first-order valence-electron chi connectivity index (χ1n) is 9.79. The Morgan fingerprint density at radius 2 is 1.78 bits per heavy atom. The molecule has 3 nitrogen and oxygen atoms in total. The van der Waals surface area contributed by atoms with Gasteiger partial charge in [-0.3, -0.25) is 4.79 Å². The summed E-state index contributed by atoms with van der Waals surface area (Å²) in [5, 5.41) is 0. The number of rotatable bonds is 11. The van der Waals surface area contributed by atoms with Gasteiger partial charge in [0.15, 0.2) is 0 Å². The number of carbonyl (C=O) groups is 1. The molecule has 0 spiro atoms. The number of benzene rings is 2. The highest BCUT2D eigenvalue weighted by molar-refractivity contribution is 9.10. The summed E-state index contributed by atoms with van der Waals surface area (Å²) >= 11 is 3.53. The lowest BCUT2D eigenvalue weighted by molar-refractivity contribution is -0.130. The van der Waals surface area contributed by atoms with E-state index in [0.717, 1.165) is 34.2 Å². The molecule has 0 bridgehead atoms. The first kappa shape index (κ1) is 21.5. The maximum Gasteiger partial charge on any atom is 0.222 e. The molecule has 27 heavy (non-hydrogen) atoms. The lowest BCUT2D eigenvalue weighted by Gasteiger charge is -2.20. The van der Waals surface area contributed by atoms with Crippen LogP contribution in [-0.4, -0.2) is 17.9 Å². The van der Waals surface area contributed by atoms with E-state index in [0.29, 0.717) is 19.6 Å². The molecule has 2 rings (SSSR count). The average Bonchev–Trinajstić information content (AvgIpc) is 2.68. The van der Waals surface area contributed by atoms with Gasteiger partial charge in [-0.2, -0.15) is 0 Å². The van der Waals surface area contributed by atoms with Crippen molar-refractivity contribution < 1.29 is 9.53 Å². The van der Waals surface area contributed by atoms with Gasteiger partial charge in [0.1, 0.15) is 12.4 Å². The summed E-state index contributed by atoms with van der Waals surface area (Å²) in [5.41, 5.74) is 2.14. The Hall–Kier alpha value is -1.81. The Kier molecular flexibility index (Phi) is 9.40. The van der Waals surface area contributed by atoms with E-state index in [1.54, 1.807) is 4.90 Å². The zero-order chi connectivity index (χ0) is 19.5. The van der Waals surface area contributed by atoms with E-state index in [1.807, 2.05) is 55.6 Å². The van der Waals surface area contributed by atoms with Crippen LogP contribution in [-0.2, 0) is 17.9 Å². The third kappa shape index (κ3) is 7.76. The van der Waals surface area contributed by atoms with Gasteiger partial charge in [0.2, 0.25) is 5.91 Å². The van der Waals surface area contributed by atoms with Crippen molar-refractivity contribution in [3.8, 4) is 5.75 Å². The van der Waals surface area contributed by atoms with Crippen LogP contribution in [0.2, 0.25) is 0 Å². The Bertz CT molecular complexity index is 703. The highest BCUT2D eigenvalue weighted by atomic mass is 79.9. The van der Waals surface area contributed by atoms with Crippen LogP contribution in [0.1, 0.15) is 56.6 Å². The molecular weight excluding hydrogens is 402 g/mol. The molecule has 0 aliphatic rings. The van der Waals surface area contributed by atoms with Crippen molar-refractivity contribution >= 4 is 21.8 Å². The second-order valence-corrected chi connectivity index (χ2v) is 7.86. The van der Waals surface area contributed by atoms with Crippen molar-refractivity contribution in [2.45, 2.75) is 58.6 Å². The summed E-state index contributed by atoms with van der Waals surface area (Å²) in [6.07, 6.45) is 6.42. The third-order valence-electron chi connectivity index (χ3n) is 4.59. The number of nitrogens with zero attached hydrogens (tertiary/aromatic N) is 1. The van der Waals surface area contributed by atoms with Crippen LogP contribution >= 0.6 is 15.9 Å². The normalized spacial score (nSPS) is 10.6. The molecule has 0 atom stereocenters. The van der Waals surface area contributed by atoms with Crippen molar-refractivity contribution in [1.82, 2.24) is 4.90 Å². The number of ether oxygens (including phenoxy) is 1. The zero-order valence-electron chi connectivity index (χ0n) is 16.4. The van der Waals surface area contributed by atoms with Gasteiger partial charge in [-0.1, -0.05) is 78.9 Å². The monoisotopic (exact) mass is 431 g/mol. The maximum atomic E-state index is 12.4. The van der Waals surface area contributed by atoms with E-state index in [-0.39, 0.29) is 5.91 Å². The molecule has 146 valence electrons. The summed E-state index contributed by atoms with van der Waals surface area (Å²) in [6, 6.07) is 16.1. The number of unbranched alkanes of at least 4 members (excludes halogenated alkanes) is 4. The van der Waals surface area contributed by atoms with Crippen molar-refractivity contribution in [2.75, 3.05) is 7.05 Å². The van der Waals surface area contributed by atoms with Gasteiger partial charge in [-0.05, 0) is 30.2 Å². The number of carbonyl (C=O) groups excluding carboxylic acids is 1. The minimum absolute atomic E-state index is 0.195. The zero-order valence-corrected chi connectivity index (χ0v) is 18.0. The third-order valence-corrected chi connectivity index (χ3v) is 5.08. The summed E-state index contributed by atoms with van der Waals surface area (Å²) < 4.78 is 7.02. The molecule has 2 aromatic rings. The average molecular weight is 432 g/mol. The van der Waals surface area contributed by atoms with Gasteiger partial charge in [0, 0.05) is 30.0 Å². The van der Waals surface area contributed by atoms with Crippen LogP contribution in [0, 0.1) is 0 Å². The molecule has 0 N–H and O–H groups in total. The largest absolute Gasteiger partial charge is 0.489 e. The summed E-state index contributed by atoms with van der Waals surface area (Å²) in [7, 11) is 1.87. The molecule has 0 aliphatic carbocycles. The minimum Gasteiger partial charge on any atom is -0.489 e. The smallest absolute Gasteiger partial charge is 0.222 e. The lowest BCUT2D eigenvalue weighted by atomic mass is 10.1. The molecule has 0 aromatic heterocycles. The number of hydrogen-bond donors (Lipinski definition) is 0. The maximum absolute atomic E-state index is 12.4. The first-order chi connectivity index (χ1) is 13.1. The standard InChI is InChI=1S/C23H30BrNO2/c1-3-4-5-6-10-13-23(26)25(2)17-20-16-21(24)14-15-22(20)27-18-19-11-8-7-9-12-19/h7-9,11-12,14-16H,3-6,10,13,17-18H2,1-2H3. The summed E-state index contributed by atoms with van der Waals surface area (Å²) in [6.45, 7) is 3.27. The molecule has 1 amide bonds. The highest BCUT2D eigenvalue weighted by Crippen LogP contribution is 2.25. The topological polar surface area (TPSA) is 29.5 Å². The predicted octanol–water partition coefficient (Wildman–Crippen LogP) is 6.35. The Morgan fingerprint density at radius 1 is 1.04 bits per heavy atom. The van der Waals surface area contributed by atoms with Crippen LogP contribution in [0.4, 0.5) is 0 Å². The second-order valence-electron chi connectivity index (χ2n) is 6.94. The Morgan fingerprint density at radius 3 is 2.52 bits per heavy atom. The van der Waals surface area contributed by atoms with Crippen LogP contribution in [0.5, 0.6) is 5.75 Å². The predicted molar refractivity (Wildman–Crippen MR) is 115 cm³/mol. The first-order valence-corrected chi connectivity index (χ1v) is 10.6. The van der Waals surface area contributed by atoms with Crippen molar-refractivity contribution in [3.05, 3.63) is 64.1 Å². The summed E-state index contributed by atoms with van der Waals surface area (Å²) in [4.78, 5) is 14.2. The molecule has 0 saturated carbocycles. The Labute approximate surface area is 171 Å². The van der Waals surface area contributed by atoms with E-state index in [4.69, 9.17) is 4.74 Å². The van der Waals surface area contributed by atoms with E-state index in [1.165, 1.54) is 19.3 Å². The van der Waals surface area contributed by atoms with Crippen LogP contribution in [0.3, 0.4) is 0 Å². The fourth-order valence-corrected chi connectivity index (χ4v) is 3.37. The minimum atomic E-state index is 0.195. The molecule has 0 saturated heterocycles. The molecular formula is C23H30BrNO2. The fraction of sp³-hybridized carbons (Fsp3) is 0.435. The molecule has 0 aliphatic heterocycles. The van der Waals surface area contributed by atoms with Crippen LogP contribution in [0.15, 0.2) is 53.0 Å². The van der Waals surface area contributed by atoms with Gasteiger partial charge in [-0.15, -0.1) is 0 Å². The van der Waals surface area contributed by atoms with E-state index in [2.05, 4.69) is 22.9 Å². The highest BCUT2D eigenvalue weighted by Gasteiger charge is 2.13. The molecule has 4 heteroatoms. The molecule has 0 radical (unpaired) electrons. The molecule has 2 aromatic carbocycles. The SMILES string of the molecule is CCCCCCCC(=O)N(C)Cc1cc(Br)ccc1OCc1ccccc1. The van der Waals surface area contributed by atoms with Crippen molar-refractivity contribution in [3.63, 3.8) is 0 Å². The quantitative estimate of drug-likeness (QED) is 0.388. The van der Waals surface area contributed by atoms with Crippen molar-refractivity contribution in [2.24, 2.45) is 0 Å². The molecule has 0 unspecified atom stereocenters. The van der Waals surface area contributed by atoms with Gasteiger partial charge >= 0.3 is 0 Å². The van der Waals surface area contributed by atoms with Gasteiger partial charge in [-0.25, -0.2) is 0 Å². The van der Waals surface area contributed by atoms with E-state index < -0.39 is 0 Å². The Balaban J connectivity index is 1.91. The van der Waals surface area contributed by atoms with Gasteiger partial charge < -0.3 is 9.64 Å². The number of amides is 1. The molecule has 0 heterocycles. The van der Waals surface area contributed by atoms with E-state index in [9.17, 15) is 4.79 Å². The number of hydrogen-bond acceptors (Lipinski definition) is 2. The number of halogens is 1. The molecule has 0 fully saturated rings. The fourth-order valence-electron chi connectivity index (χ4n) is 2.96. The van der Waals surface area contributed by atoms with Crippen LogP contribution in [0.25, 0.3) is 0 Å².